The molecule has 0 spiro atoms. The number of nitrogens with zero attached hydrogens (tertiary/aromatic N) is 1. The normalized spacial score (nSPS) is 25.4. The van der Waals surface area contributed by atoms with E-state index in [-0.39, 0.29) is 5.92 Å². The van der Waals surface area contributed by atoms with Crippen LogP contribution in [0.5, 0.6) is 5.75 Å². The summed E-state index contributed by atoms with van der Waals surface area (Å²) < 4.78 is 7.80. The highest BCUT2D eigenvalue weighted by atomic mass is 16.5. The minimum atomic E-state index is -1.45. The summed E-state index contributed by atoms with van der Waals surface area (Å²) in [5.74, 6) is 1.48. The van der Waals surface area contributed by atoms with Crippen molar-refractivity contribution in [1.29, 1.82) is 0 Å². The lowest BCUT2D eigenvalue weighted by Crippen LogP contribution is -2.31. The molecule has 5 rings (SSSR count). The van der Waals surface area contributed by atoms with Gasteiger partial charge in [-0.2, -0.15) is 0 Å². The van der Waals surface area contributed by atoms with E-state index in [9.17, 15) is 9.90 Å². The molecule has 33 heavy (non-hydrogen) atoms. The maximum atomic E-state index is 12.4. The number of aliphatic hydroxyl groups is 1. The summed E-state index contributed by atoms with van der Waals surface area (Å²) in [6, 6.07) is 14.3. The van der Waals surface area contributed by atoms with Crippen molar-refractivity contribution in [2.24, 2.45) is 11.1 Å². The molecule has 3 atom stereocenters. The van der Waals surface area contributed by atoms with Crippen LogP contribution < -0.4 is 10.5 Å². The molecule has 5 nitrogen and oxygen atoms in total. The van der Waals surface area contributed by atoms with Crippen molar-refractivity contribution in [2.45, 2.75) is 69.6 Å². The molecule has 2 fully saturated rings. The maximum absolute atomic E-state index is 12.4. The molecule has 3 unspecified atom stereocenters. The van der Waals surface area contributed by atoms with Crippen LogP contribution in [0.25, 0.3) is 11.3 Å². The summed E-state index contributed by atoms with van der Waals surface area (Å²) in [6.07, 6.45) is 10.1. The Hall–Kier alpha value is -2.63. The van der Waals surface area contributed by atoms with Gasteiger partial charge in [0.2, 0.25) is 0 Å². The maximum Gasteiger partial charge on any atom is 0.136 e. The fourth-order valence-electron chi connectivity index (χ4n) is 5.89. The van der Waals surface area contributed by atoms with Crippen molar-refractivity contribution in [3.8, 4) is 17.0 Å². The van der Waals surface area contributed by atoms with Crippen LogP contribution in [0.4, 0.5) is 0 Å². The zero-order chi connectivity index (χ0) is 23.2. The number of carbonyl (C=O) groups is 1. The number of nitrogens with two attached hydrogens (primary N) is 1. The van der Waals surface area contributed by atoms with E-state index >= 15 is 0 Å². The van der Waals surface area contributed by atoms with E-state index < -0.39 is 11.1 Å². The van der Waals surface area contributed by atoms with Gasteiger partial charge in [-0.3, -0.25) is 0 Å². The zero-order valence-corrected chi connectivity index (χ0v) is 19.6. The molecule has 0 amide bonds. The summed E-state index contributed by atoms with van der Waals surface area (Å²) in [4.78, 5) is 12.4. The number of aldehydes is 1. The van der Waals surface area contributed by atoms with E-state index in [1.165, 1.54) is 54.5 Å². The second-order valence-electron chi connectivity index (χ2n) is 10.3. The van der Waals surface area contributed by atoms with E-state index in [1.54, 1.807) is 14.0 Å². The summed E-state index contributed by atoms with van der Waals surface area (Å²) >= 11 is 0. The van der Waals surface area contributed by atoms with Gasteiger partial charge in [0.15, 0.2) is 0 Å². The first kappa shape index (κ1) is 22.2. The molecule has 174 valence electrons. The van der Waals surface area contributed by atoms with Gasteiger partial charge in [0.25, 0.3) is 0 Å². The van der Waals surface area contributed by atoms with E-state index in [0.29, 0.717) is 18.0 Å². The van der Waals surface area contributed by atoms with Gasteiger partial charge in [-0.15, -0.1) is 0 Å². The third-order valence-corrected chi connectivity index (χ3v) is 7.88. The molecule has 2 heterocycles. The van der Waals surface area contributed by atoms with Crippen molar-refractivity contribution in [2.75, 3.05) is 7.11 Å². The molecule has 5 heteroatoms. The molecular formula is C28H34N2O3. The number of methoxy groups -OCH3 is 1. The van der Waals surface area contributed by atoms with Crippen molar-refractivity contribution in [3.63, 3.8) is 0 Å². The topological polar surface area (TPSA) is 77.5 Å². The van der Waals surface area contributed by atoms with E-state index in [4.69, 9.17) is 10.5 Å². The Labute approximate surface area is 195 Å². The lowest BCUT2D eigenvalue weighted by molar-refractivity contribution is -0.112. The summed E-state index contributed by atoms with van der Waals surface area (Å²) in [5, 5.41) is 10.5. The quantitative estimate of drug-likeness (QED) is 0.503. The van der Waals surface area contributed by atoms with Crippen LogP contribution in [-0.4, -0.2) is 23.1 Å². The highest BCUT2D eigenvalue weighted by Crippen LogP contribution is 2.63. The molecule has 0 radical (unpaired) electrons. The Morgan fingerprint density at radius 2 is 1.94 bits per heavy atom. The van der Waals surface area contributed by atoms with E-state index in [1.807, 2.05) is 30.5 Å². The first-order chi connectivity index (χ1) is 15.9. The van der Waals surface area contributed by atoms with Gasteiger partial charge in [-0.1, -0.05) is 37.5 Å². The minimum absolute atomic E-state index is 0.195. The Morgan fingerprint density at radius 1 is 1.15 bits per heavy atom. The molecule has 0 saturated heterocycles. The van der Waals surface area contributed by atoms with E-state index in [2.05, 4.69) is 22.8 Å². The molecule has 1 aliphatic heterocycles. The Kier molecular flexibility index (Phi) is 5.58. The number of hydrogen-bond acceptors (Lipinski definition) is 4. The molecule has 3 N–H and O–H groups in total. The largest absolute Gasteiger partial charge is 0.497 e. The van der Waals surface area contributed by atoms with Crippen LogP contribution in [-0.2, 0) is 17.1 Å². The molecule has 1 aromatic carbocycles. The van der Waals surface area contributed by atoms with Gasteiger partial charge in [0.05, 0.1) is 18.2 Å². The molecule has 2 aliphatic carbocycles. The molecule has 2 aromatic rings. The molecular weight excluding hydrogens is 412 g/mol. The second-order valence-corrected chi connectivity index (χ2v) is 10.3. The Morgan fingerprint density at radius 3 is 2.64 bits per heavy atom. The van der Waals surface area contributed by atoms with Crippen molar-refractivity contribution < 1.29 is 14.6 Å². The lowest BCUT2D eigenvalue weighted by atomic mass is 9.82. The highest BCUT2D eigenvalue weighted by molar-refractivity contribution is 5.77. The second kappa shape index (κ2) is 8.30. The zero-order valence-electron chi connectivity index (χ0n) is 19.6. The first-order valence-electron chi connectivity index (χ1n) is 12.1. The van der Waals surface area contributed by atoms with Crippen LogP contribution >= 0.6 is 0 Å². The van der Waals surface area contributed by atoms with Gasteiger partial charge in [0.1, 0.15) is 17.8 Å². The number of fused-ring (bicyclic) bond motifs is 5. The standard InChI is InChI=1S/C28H34N2O3/c1-27(29,32)20-9-6-10-22(19-7-4-3-5-8-19)26-23-12-11-21(33-2)15-24(23)25-16-28(25,18-31)17-30(26)14-13-20/h6,9-15,18-19,25,32H,3-5,7-8,16-17,29H2,1-2H3. The average Bonchev–Trinajstić information content (AvgIpc) is 3.52. The Bertz CT molecular complexity index is 1120. The molecule has 3 aliphatic rings. The van der Waals surface area contributed by atoms with Crippen LogP contribution in [0.2, 0.25) is 0 Å². The fraction of sp³-hybridized carbons (Fsp3) is 0.464. The first-order valence-corrected chi connectivity index (χ1v) is 12.1. The third-order valence-electron chi connectivity index (χ3n) is 7.88. The van der Waals surface area contributed by atoms with Gasteiger partial charge in [0, 0.05) is 18.3 Å². The summed E-state index contributed by atoms with van der Waals surface area (Å²) in [5.41, 5.74) is 9.70. The van der Waals surface area contributed by atoms with Crippen LogP contribution in [0.1, 0.15) is 74.0 Å². The summed E-state index contributed by atoms with van der Waals surface area (Å²) in [7, 11) is 1.69. The lowest BCUT2D eigenvalue weighted by Gasteiger charge is -2.26. The van der Waals surface area contributed by atoms with Gasteiger partial charge in [-0.05, 0) is 79.0 Å². The smallest absolute Gasteiger partial charge is 0.136 e. The number of rotatable bonds is 4. The van der Waals surface area contributed by atoms with Crippen LogP contribution in [0.3, 0.4) is 0 Å². The Balaban J connectivity index is 1.83. The minimum Gasteiger partial charge on any atom is -0.497 e. The van der Waals surface area contributed by atoms with Crippen molar-refractivity contribution >= 4 is 6.29 Å². The summed E-state index contributed by atoms with van der Waals surface area (Å²) in [6.45, 7) is 2.22. The SMILES string of the molecule is COc1ccc2c(c1)C1CC1(C=O)Cn1ccc(C(C)(N)O)cccc(C3CCCCC3)c1-2. The predicted molar refractivity (Wildman–Crippen MR) is 129 cm³/mol. The van der Waals surface area contributed by atoms with Crippen LogP contribution in [0.15, 0.2) is 48.7 Å². The predicted octanol–water partition coefficient (Wildman–Crippen LogP) is 5.15. The monoisotopic (exact) mass is 446 g/mol. The van der Waals surface area contributed by atoms with Gasteiger partial charge in [-0.25, -0.2) is 0 Å². The molecule has 2 saturated carbocycles. The highest BCUT2D eigenvalue weighted by Gasteiger charge is 2.57. The number of carbonyl (C=O) groups excluding carboxylic acids is 1. The number of ether oxygens (including phenoxy) is 1. The number of benzene rings is 1. The van der Waals surface area contributed by atoms with Crippen molar-refractivity contribution in [1.82, 2.24) is 4.57 Å². The van der Waals surface area contributed by atoms with Gasteiger partial charge >= 0.3 is 0 Å². The molecule has 0 bridgehead atoms. The number of hydrogen-bond donors (Lipinski definition) is 2. The number of aromatic nitrogens is 1. The third kappa shape index (κ3) is 3.98. The average molecular weight is 447 g/mol. The van der Waals surface area contributed by atoms with E-state index in [0.717, 1.165) is 18.5 Å². The van der Waals surface area contributed by atoms with Crippen LogP contribution in [0, 0.1) is 5.41 Å². The van der Waals surface area contributed by atoms with Gasteiger partial charge < -0.3 is 24.9 Å². The molecule has 1 aromatic heterocycles. The van der Waals surface area contributed by atoms with Crippen molar-refractivity contribution in [3.05, 3.63) is 65.4 Å². The fourth-order valence-corrected chi connectivity index (χ4v) is 5.89.